The Morgan fingerprint density at radius 2 is 1.96 bits per heavy atom. The maximum atomic E-state index is 12.4. The molecular formula is C16H18ClN3O3S. The predicted molar refractivity (Wildman–Crippen MR) is 92.4 cm³/mol. The first kappa shape index (κ1) is 17.1. The van der Waals surface area contributed by atoms with Crippen molar-refractivity contribution in [3.63, 3.8) is 0 Å². The summed E-state index contributed by atoms with van der Waals surface area (Å²) >= 11 is 6.95. The fourth-order valence-corrected chi connectivity index (χ4v) is 3.31. The fraction of sp³-hybridized carbons (Fsp3) is 0.438. The molecule has 128 valence electrons. The first-order valence-corrected chi connectivity index (χ1v) is 8.78. The van der Waals surface area contributed by atoms with E-state index in [0.717, 1.165) is 17.3 Å². The molecule has 6 nitrogen and oxygen atoms in total. The SMILES string of the molecule is CC1CN(C(=O)COc2nsnc2-c2ccc(Cl)cc2)CC(C)O1. The highest BCUT2D eigenvalue weighted by atomic mass is 35.5. The Kier molecular flexibility index (Phi) is 5.33. The summed E-state index contributed by atoms with van der Waals surface area (Å²) in [7, 11) is 0. The van der Waals surface area contributed by atoms with Crippen LogP contribution in [0.2, 0.25) is 5.02 Å². The van der Waals surface area contributed by atoms with Crippen LogP contribution in [0.1, 0.15) is 13.8 Å². The highest BCUT2D eigenvalue weighted by Crippen LogP contribution is 2.28. The standard InChI is InChI=1S/C16H18ClN3O3S/c1-10-7-20(8-11(2)23-10)14(21)9-22-16-15(18-24-19-16)12-3-5-13(17)6-4-12/h3-6,10-11H,7-9H2,1-2H3. The average molecular weight is 368 g/mol. The van der Waals surface area contributed by atoms with Gasteiger partial charge in [0.1, 0.15) is 5.69 Å². The van der Waals surface area contributed by atoms with E-state index in [0.29, 0.717) is 29.7 Å². The van der Waals surface area contributed by atoms with Gasteiger partial charge < -0.3 is 14.4 Å². The van der Waals surface area contributed by atoms with E-state index in [4.69, 9.17) is 21.1 Å². The molecule has 0 spiro atoms. The van der Waals surface area contributed by atoms with Crippen molar-refractivity contribution in [2.24, 2.45) is 0 Å². The smallest absolute Gasteiger partial charge is 0.260 e. The highest BCUT2D eigenvalue weighted by Gasteiger charge is 2.26. The second-order valence-electron chi connectivity index (χ2n) is 5.77. The number of benzene rings is 1. The Morgan fingerprint density at radius 3 is 2.62 bits per heavy atom. The van der Waals surface area contributed by atoms with Crippen molar-refractivity contribution in [2.45, 2.75) is 26.1 Å². The quantitative estimate of drug-likeness (QED) is 0.831. The molecule has 0 bridgehead atoms. The number of nitrogens with zero attached hydrogens (tertiary/aromatic N) is 3. The zero-order chi connectivity index (χ0) is 17.1. The van der Waals surface area contributed by atoms with Gasteiger partial charge in [-0.1, -0.05) is 23.7 Å². The lowest BCUT2D eigenvalue weighted by Gasteiger charge is -2.35. The van der Waals surface area contributed by atoms with Gasteiger partial charge in [0.2, 0.25) is 0 Å². The van der Waals surface area contributed by atoms with Crippen LogP contribution in [0.5, 0.6) is 5.88 Å². The number of morpholine rings is 1. The maximum Gasteiger partial charge on any atom is 0.260 e. The van der Waals surface area contributed by atoms with Gasteiger partial charge in [-0.15, -0.1) is 4.37 Å². The van der Waals surface area contributed by atoms with E-state index in [1.807, 2.05) is 26.0 Å². The molecule has 2 unspecified atom stereocenters. The number of halogens is 1. The van der Waals surface area contributed by atoms with E-state index in [9.17, 15) is 4.79 Å². The largest absolute Gasteiger partial charge is 0.465 e. The Morgan fingerprint density at radius 1 is 1.29 bits per heavy atom. The molecule has 0 aliphatic carbocycles. The van der Waals surface area contributed by atoms with Gasteiger partial charge in [0.15, 0.2) is 6.61 Å². The summed E-state index contributed by atoms with van der Waals surface area (Å²) in [6, 6.07) is 7.25. The van der Waals surface area contributed by atoms with Crippen LogP contribution in [0.25, 0.3) is 11.3 Å². The molecule has 2 heterocycles. The van der Waals surface area contributed by atoms with Crippen molar-refractivity contribution in [1.29, 1.82) is 0 Å². The molecule has 1 amide bonds. The second-order valence-corrected chi connectivity index (χ2v) is 6.73. The molecule has 0 N–H and O–H groups in total. The van der Waals surface area contributed by atoms with Gasteiger partial charge in [-0.2, -0.15) is 4.37 Å². The number of hydrogen-bond donors (Lipinski definition) is 0. The summed E-state index contributed by atoms with van der Waals surface area (Å²) in [5, 5.41) is 0.648. The number of aromatic nitrogens is 2. The van der Waals surface area contributed by atoms with Crippen LogP contribution in [0, 0.1) is 0 Å². The number of hydrogen-bond acceptors (Lipinski definition) is 6. The summed E-state index contributed by atoms with van der Waals surface area (Å²) < 4.78 is 19.6. The summed E-state index contributed by atoms with van der Waals surface area (Å²) in [4.78, 5) is 14.1. The van der Waals surface area contributed by atoms with Gasteiger partial charge in [-0.05, 0) is 26.0 Å². The highest BCUT2D eigenvalue weighted by molar-refractivity contribution is 6.99. The summed E-state index contributed by atoms with van der Waals surface area (Å²) in [6.07, 6.45) is 0.0616. The average Bonchev–Trinajstić information content (AvgIpc) is 3.01. The lowest BCUT2D eigenvalue weighted by atomic mass is 10.2. The van der Waals surface area contributed by atoms with E-state index >= 15 is 0 Å². The number of ether oxygens (including phenoxy) is 2. The van der Waals surface area contributed by atoms with Crippen LogP contribution in [0.4, 0.5) is 0 Å². The number of carbonyl (C=O) groups is 1. The van der Waals surface area contributed by atoms with Crippen LogP contribution in [-0.2, 0) is 9.53 Å². The van der Waals surface area contributed by atoms with Crippen LogP contribution >= 0.6 is 23.3 Å². The minimum absolute atomic E-state index is 0.0308. The second kappa shape index (κ2) is 7.46. The molecule has 1 aromatic heterocycles. The Labute approximate surface area is 149 Å². The number of rotatable bonds is 4. The molecule has 2 aromatic rings. The molecule has 3 rings (SSSR count). The van der Waals surface area contributed by atoms with E-state index in [1.54, 1.807) is 17.0 Å². The normalized spacial score (nSPS) is 20.9. The van der Waals surface area contributed by atoms with Crippen LogP contribution in [-0.4, -0.2) is 51.5 Å². The maximum absolute atomic E-state index is 12.4. The minimum Gasteiger partial charge on any atom is -0.465 e. The molecule has 1 fully saturated rings. The predicted octanol–water partition coefficient (Wildman–Crippen LogP) is 2.87. The molecule has 8 heteroatoms. The van der Waals surface area contributed by atoms with Gasteiger partial charge in [0.25, 0.3) is 11.8 Å². The Bertz CT molecular complexity index is 697. The first-order valence-electron chi connectivity index (χ1n) is 7.67. The Hall–Kier alpha value is -1.70. The molecule has 1 saturated heterocycles. The van der Waals surface area contributed by atoms with Crippen molar-refractivity contribution in [1.82, 2.24) is 13.6 Å². The van der Waals surface area contributed by atoms with Crippen molar-refractivity contribution < 1.29 is 14.3 Å². The molecule has 1 aromatic carbocycles. The molecular weight excluding hydrogens is 350 g/mol. The Balaban J connectivity index is 1.64. The van der Waals surface area contributed by atoms with Gasteiger partial charge in [-0.25, -0.2) is 0 Å². The third-order valence-electron chi connectivity index (χ3n) is 3.68. The fourth-order valence-electron chi connectivity index (χ4n) is 2.66. The molecule has 1 aliphatic rings. The van der Waals surface area contributed by atoms with Gasteiger partial charge in [-0.3, -0.25) is 4.79 Å². The monoisotopic (exact) mass is 367 g/mol. The van der Waals surface area contributed by atoms with E-state index in [1.165, 1.54) is 0 Å². The summed E-state index contributed by atoms with van der Waals surface area (Å²) in [5.41, 5.74) is 1.47. The molecule has 24 heavy (non-hydrogen) atoms. The van der Waals surface area contributed by atoms with E-state index in [-0.39, 0.29) is 24.7 Å². The molecule has 1 aliphatic heterocycles. The molecule has 0 saturated carbocycles. The van der Waals surface area contributed by atoms with Crippen molar-refractivity contribution in [2.75, 3.05) is 19.7 Å². The van der Waals surface area contributed by atoms with Crippen molar-refractivity contribution >= 4 is 29.2 Å². The molecule has 2 atom stereocenters. The topological polar surface area (TPSA) is 64.6 Å². The van der Waals surface area contributed by atoms with Gasteiger partial charge in [0, 0.05) is 23.7 Å². The third kappa shape index (κ3) is 4.03. The van der Waals surface area contributed by atoms with E-state index in [2.05, 4.69) is 8.75 Å². The summed E-state index contributed by atoms with van der Waals surface area (Å²) in [6.45, 7) is 5.00. The van der Waals surface area contributed by atoms with E-state index < -0.39 is 0 Å². The number of amides is 1. The van der Waals surface area contributed by atoms with Crippen LogP contribution in [0.15, 0.2) is 24.3 Å². The third-order valence-corrected chi connectivity index (χ3v) is 4.44. The lowest BCUT2D eigenvalue weighted by molar-refractivity contribution is -0.145. The van der Waals surface area contributed by atoms with Crippen molar-refractivity contribution in [3.8, 4) is 17.1 Å². The summed E-state index contributed by atoms with van der Waals surface area (Å²) in [5.74, 6) is 0.289. The minimum atomic E-state index is -0.0768. The van der Waals surface area contributed by atoms with Crippen molar-refractivity contribution in [3.05, 3.63) is 29.3 Å². The zero-order valence-electron chi connectivity index (χ0n) is 13.4. The lowest BCUT2D eigenvalue weighted by Crippen LogP contribution is -2.49. The first-order chi connectivity index (χ1) is 11.5. The molecule has 0 radical (unpaired) electrons. The zero-order valence-corrected chi connectivity index (χ0v) is 15.0. The van der Waals surface area contributed by atoms with Crippen LogP contribution < -0.4 is 4.74 Å². The number of carbonyl (C=O) groups excluding carboxylic acids is 1. The van der Waals surface area contributed by atoms with Crippen LogP contribution in [0.3, 0.4) is 0 Å². The van der Waals surface area contributed by atoms with Gasteiger partial charge >= 0.3 is 0 Å². The van der Waals surface area contributed by atoms with Gasteiger partial charge in [0.05, 0.1) is 23.9 Å².